The molecule has 1 amide bonds. The van der Waals surface area contributed by atoms with Gasteiger partial charge in [-0.3, -0.25) is 0 Å². The van der Waals surface area contributed by atoms with E-state index >= 15 is 0 Å². The van der Waals surface area contributed by atoms with Gasteiger partial charge in [0.15, 0.2) is 0 Å². The number of benzene rings is 1. The van der Waals surface area contributed by atoms with Crippen LogP contribution in [-0.4, -0.2) is 46.6 Å². The molecule has 0 aliphatic carbocycles. The zero-order valence-electron chi connectivity index (χ0n) is 11.4. The van der Waals surface area contributed by atoms with Gasteiger partial charge in [-0.2, -0.15) is 8.42 Å². The predicted octanol–water partition coefficient (Wildman–Crippen LogP) is 0.380. The average molecular weight is 302 g/mol. The van der Waals surface area contributed by atoms with Gasteiger partial charge in [-0.15, -0.1) is 0 Å². The van der Waals surface area contributed by atoms with Crippen molar-refractivity contribution in [1.29, 1.82) is 0 Å². The maximum atomic E-state index is 11.4. The summed E-state index contributed by atoms with van der Waals surface area (Å²) in [5.41, 5.74) is 0.737. The first kappa shape index (κ1) is 16.3. The Kier molecular flexibility index (Phi) is 6.82. The van der Waals surface area contributed by atoms with E-state index in [4.69, 9.17) is 4.74 Å². The van der Waals surface area contributed by atoms with Crippen molar-refractivity contribution in [2.45, 2.75) is 6.61 Å². The van der Waals surface area contributed by atoms with Gasteiger partial charge in [0.25, 0.3) is 11.0 Å². The van der Waals surface area contributed by atoms with Crippen LogP contribution in [0.15, 0.2) is 24.3 Å². The molecular weight excluding hydrogens is 284 g/mol. The molecule has 0 unspecified atom stereocenters. The smallest absolute Gasteiger partial charge is 0.407 e. The number of alkyl carbamates (subject to hydrolysis) is 1. The van der Waals surface area contributed by atoms with E-state index in [0.717, 1.165) is 12.1 Å². The molecule has 0 spiro atoms. The van der Waals surface area contributed by atoms with Crippen LogP contribution < -0.4 is 9.50 Å². The molecule has 112 valence electrons. The first-order valence-corrected chi connectivity index (χ1v) is 7.03. The van der Waals surface area contributed by atoms with Gasteiger partial charge in [-0.05, 0) is 31.8 Å². The highest BCUT2D eigenvalue weighted by molar-refractivity contribution is 7.67. The number of hydrogen-bond donors (Lipinski definition) is 2. The molecule has 0 saturated heterocycles. The maximum Gasteiger partial charge on any atom is 0.407 e. The van der Waals surface area contributed by atoms with Gasteiger partial charge in [0.1, 0.15) is 12.4 Å². The number of carbonyl (C=O) groups is 1. The molecule has 1 aromatic rings. The van der Waals surface area contributed by atoms with E-state index in [9.17, 15) is 13.2 Å². The summed E-state index contributed by atoms with van der Waals surface area (Å²) >= 11 is 0. The van der Waals surface area contributed by atoms with Crippen LogP contribution in [0.3, 0.4) is 0 Å². The normalized spacial score (nSPS) is 10.6. The van der Waals surface area contributed by atoms with Crippen LogP contribution in [0.25, 0.3) is 0 Å². The second-order valence-electron chi connectivity index (χ2n) is 4.27. The Bertz CT molecular complexity index is 491. The Balaban J connectivity index is 2.32. The topological polar surface area (TPSA) is 84.9 Å². The van der Waals surface area contributed by atoms with Crippen molar-refractivity contribution in [2.24, 2.45) is 0 Å². The minimum Gasteiger partial charge on any atom is -0.445 e. The Morgan fingerprint density at radius 3 is 2.45 bits per heavy atom. The van der Waals surface area contributed by atoms with Crippen molar-refractivity contribution in [3.05, 3.63) is 29.8 Å². The lowest BCUT2D eigenvalue weighted by Gasteiger charge is -2.10. The number of carbonyl (C=O) groups excluding carboxylic acids is 1. The number of nitrogens with zero attached hydrogens (tertiary/aromatic N) is 1. The summed E-state index contributed by atoms with van der Waals surface area (Å²) in [6.07, 6.45) is -0.491. The molecule has 0 fully saturated rings. The molecule has 20 heavy (non-hydrogen) atoms. The summed E-state index contributed by atoms with van der Waals surface area (Å²) in [6.45, 7) is 1.35. The molecule has 7 nitrogen and oxygen atoms in total. The summed E-state index contributed by atoms with van der Waals surface area (Å²) in [5, 5.41) is 2.61. The fourth-order valence-corrected chi connectivity index (χ4v) is 1.61. The molecule has 1 N–H and O–H groups in total. The number of ether oxygens (including phenoxy) is 1. The lowest BCUT2D eigenvalue weighted by Crippen LogP contribution is -2.31. The summed E-state index contributed by atoms with van der Waals surface area (Å²) < 4.78 is 30.2. The van der Waals surface area contributed by atoms with E-state index in [1.54, 1.807) is 12.1 Å². The Morgan fingerprint density at radius 1 is 1.25 bits per heavy atom. The van der Waals surface area contributed by atoms with Crippen molar-refractivity contribution in [2.75, 3.05) is 27.2 Å². The summed E-state index contributed by atoms with van der Waals surface area (Å²) in [4.78, 5) is 13.3. The Hall–Kier alpha value is -1.80. The summed E-state index contributed by atoms with van der Waals surface area (Å²) in [6, 6.07) is 6.24. The lowest BCUT2D eigenvalue weighted by molar-refractivity contribution is 0.139. The monoisotopic (exact) mass is 302 g/mol. The Morgan fingerprint density at radius 2 is 1.90 bits per heavy atom. The number of rotatable bonds is 7. The quantitative estimate of drug-likeness (QED) is 0.708. The number of hydrogen-bond acceptors (Lipinski definition) is 6. The molecule has 0 atom stereocenters. The van der Waals surface area contributed by atoms with Gasteiger partial charge in [0.05, 0.1) is 0 Å². The van der Waals surface area contributed by atoms with Crippen molar-refractivity contribution in [3.63, 3.8) is 0 Å². The summed E-state index contributed by atoms with van der Waals surface area (Å²) in [7, 11) is 0.902. The molecule has 0 saturated carbocycles. The van der Waals surface area contributed by atoms with Crippen LogP contribution in [-0.2, 0) is 22.3 Å². The fourth-order valence-electron chi connectivity index (χ4n) is 1.31. The van der Waals surface area contributed by atoms with Crippen LogP contribution in [0.2, 0.25) is 0 Å². The third-order valence-electron chi connectivity index (χ3n) is 2.30. The molecule has 0 bridgehead atoms. The van der Waals surface area contributed by atoms with Crippen molar-refractivity contribution in [3.8, 4) is 5.75 Å². The number of amides is 1. The molecule has 8 heteroatoms. The van der Waals surface area contributed by atoms with Crippen molar-refractivity contribution >= 4 is 17.1 Å². The molecule has 0 aliphatic rings. The third kappa shape index (κ3) is 6.95. The zero-order chi connectivity index (χ0) is 15.0. The maximum absolute atomic E-state index is 11.4. The van der Waals surface area contributed by atoms with E-state index in [1.807, 2.05) is 19.0 Å². The van der Waals surface area contributed by atoms with E-state index in [0.29, 0.717) is 6.54 Å². The fraction of sp³-hybridized carbons (Fsp3) is 0.417. The van der Waals surface area contributed by atoms with Gasteiger partial charge in [0.2, 0.25) is 0 Å². The third-order valence-corrected chi connectivity index (χ3v) is 2.66. The predicted molar refractivity (Wildman–Crippen MR) is 74.1 cm³/mol. The lowest BCUT2D eigenvalue weighted by atomic mass is 10.2. The van der Waals surface area contributed by atoms with Crippen LogP contribution in [0, 0.1) is 0 Å². The first-order valence-electron chi connectivity index (χ1n) is 5.94. The number of thiol groups is 1. The molecule has 0 radical (unpaired) electrons. The van der Waals surface area contributed by atoms with Crippen molar-refractivity contribution in [1.82, 2.24) is 10.2 Å². The van der Waals surface area contributed by atoms with Crippen LogP contribution in [0.5, 0.6) is 5.75 Å². The average Bonchev–Trinajstić information content (AvgIpc) is 2.37. The van der Waals surface area contributed by atoms with E-state index in [-0.39, 0.29) is 12.4 Å². The highest BCUT2D eigenvalue weighted by Crippen LogP contribution is 2.12. The van der Waals surface area contributed by atoms with Gasteiger partial charge >= 0.3 is 6.09 Å². The number of likely N-dealkylation sites (N-methyl/N-ethyl adjacent to an activating group) is 1. The minimum atomic E-state index is -2.92. The molecule has 0 aliphatic heterocycles. The standard InChI is InChI=1S/C12H18N2O5S/c1-14(2)8-7-13-12(15)18-9-10-3-5-11(6-4-10)19-20(16)17/h3-6,20H,7-9H2,1-2H3,(H,13,15). The van der Waals surface area contributed by atoms with E-state index in [2.05, 4.69) is 9.50 Å². The highest BCUT2D eigenvalue weighted by atomic mass is 32.2. The molecule has 0 heterocycles. The van der Waals surface area contributed by atoms with Gasteiger partial charge in [-0.25, -0.2) is 4.79 Å². The zero-order valence-corrected chi connectivity index (χ0v) is 12.3. The van der Waals surface area contributed by atoms with Crippen LogP contribution in [0.1, 0.15) is 5.56 Å². The van der Waals surface area contributed by atoms with Crippen molar-refractivity contribution < 1.29 is 22.1 Å². The molecule has 1 rings (SSSR count). The Labute approximate surface area is 119 Å². The minimum absolute atomic E-state index is 0.109. The van der Waals surface area contributed by atoms with Gasteiger partial charge in [-0.1, -0.05) is 12.1 Å². The molecular formula is C12H18N2O5S. The van der Waals surface area contributed by atoms with Gasteiger partial charge in [0, 0.05) is 13.1 Å². The summed E-state index contributed by atoms with van der Waals surface area (Å²) in [5.74, 6) is 0.222. The SMILES string of the molecule is CN(C)CCNC(=O)OCc1ccc(O[SH](=O)=O)cc1. The van der Waals surface area contributed by atoms with Gasteiger partial charge < -0.3 is 19.1 Å². The number of nitrogens with one attached hydrogen (secondary N) is 1. The molecule has 1 aromatic carbocycles. The largest absolute Gasteiger partial charge is 0.445 e. The second-order valence-corrected chi connectivity index (χ2v) is 4.89. The van der Waals surface area contributed by atoms with Crippen LogP contribution in [0.4, 0.5) is 4.79 Å². The first-order chi connectivity index (χ1) is 9.47. The second kappa shape index (κ2) is 8.39. The van der Waals surface area contributed by atoms with E-state index < -0.39 is 17.1 Å². The molecule has 0 aromatic heterocycles. The highest BCUT2D eigenvalue weighted by Gasteiger charge is 2.03. The van der Waals surface area contributed by atoms with E-state index in [1.165, 1.54) is 12.1 Å². The van der Waals surface area contributed by atoms with Crippen LogP contribution >= 0.6 is 0 Å².